The Kier molecular flexibility index (Phi) is 3.97. The molecule has 2 unspecified atom stereocenters. The topological polar surface area (TPSA) is 58.6 Å². The molecule has 4 nitrogen and oxygen atoms in total. The van der Waals surface area contributed by atoms with E-state index < -0.39 is 11.5 Å². The normalized spacial score (nSPS) is 24.9. The Hall–Kier alpha value is -0.610. The van der Waals surface area contributed by atoms with Crippen molar-refractivity contribution in [2.75, 3.05) is 6.61 Å². The summed E-state index contributed by atoms with van der Waals surface area (Å²) in [5, 5.41) is 13.0. The maximum absolute atomic E-state index is 11.7. The number of carboxylic acid groups (broad SMARTS) is 1. The van der Waals surface area contributed by atoms with Crippen molar-refractivity contribution in [1.82, 2.24) is 5.32 Å². The molecule has 0 spiro atoms. The van der Waals surface area contributed by atoms with Crippen molar-refractivity contribution in [3.05, 3.63) is 0 Å². The molecule has 0 radical (unpaired) electrons. The summed E-state index contributed by atoms with van der Waals surface area (Å²) in [5.41, 5.74) is -0.843. The van der Waals surface area contributed by atoms with Crippen molar-refractivity contribution in [2.24, 2.45) is 11.8 Å². The molecule has 104 valence electrons. The minimum Gasteiger partial charge on any atom is -0.480 e. The summed E-state index contributed by atoms with van der Waals surface area (Å²) in [6.07, 6.45) is 4.31. The van der Waals surface area contributed by atoms with Gasteiger partial charge in [-0.3, -0.25) is 10.1 Å². The van der Waals surface area contributed by atoms with Crippen LogP contribution in [0, 0.1) is 11.8 Å². The second-order valence-corrected chi connectivity index (χ2v) is 6.23. The first-order valence-electron chi connectivity index (χ1n) is 7.08. The predicted octanol–water partition coefficient (Wildman–Crippen LogP) is 2.03. The van der Waals surface area contributed by atoms with Gasteiger partial charge in [-0.15, -0.1) is 0 Å². The van der Waals surface area contributed by atoms with E-state index in [0.29, 0.717) is 18.6 Å². The first-order chi connectivity index (χ1) is 8.45. The second-order valence-electron chi connectivity index (χ2n) is 6.23. The minimum atomic E-state index is -0.843. The summed E-state index contributed by atoms with van der Waals surface area (Å²) in [6, 6.07) is 0.389. The van der Waals surface area contributed by atoms with Gasteiger partial charge in [0.05, 0.1) is 12.7 Å². The average Bonchev–Trinajstić information content (AvgIpc) is 3.14. The summed E-state index contributed by atoms with van der Waals surface area (Å²) in [7, 11) is 0. The maximum Gasteiger partial charge on any atom is 0.326 e. The number of rotatable bonds is 8. The van der Waals surface area contributed by atoms with Crippen LogP contribution in [-0.4, -0.2) is 35.4 Å². The van der Waals surface area contributed by atoms with Crippen LogP contribution in [0.2, 0.25) is 0 Å². The molecule has 0 aromatic heterocycles. The van der Waals surface area contributed by atoms with Gasteiger partial charge in [-0.2, -0.15) is 0 Å². The number of hydrogen-bond acceptors (Lipinski definition) is 3. The molecule has 2 atom stereocenters. The fourth-order valence-corrected chi connectivity index (χ4v) is 2.20. The Morgan fingerprint density at radius 3 is 2.33 bits per heavy atom. The van der Waals surface area contributed by atoms with Crippen LogP contribution < -0.4 is 5.32 Å². The summed E-state index contributed by atoms with van der Waals surface area (Å²) in [6.45, 7) is 6.50. The van der Waals surface area contributed by atoms with Crippen LogP contribution in [0.3, 0.4) is 0 Å². The van der Waals surface area contributed by atoms with Crippen LogP contribution in [0.4, 0.5) is 0 Å². The molecule has 0 heterocycles. The van der Waals surface area contributed by atoms with Crippen molar-refractivity contribution < 1.29 is 14.6 Å². The van der Waals surface area contributed by atoms with E-state index in [4.69, 9.17) is 4.74 Å². The molecule has 2 N–H and O–H groups in total. The highest BCUT2D eigenvalue weighted by molar-refractivity contribution is 5.80. The molecule has 2 rings (SSSR count). The standard InChI is InChI=1S/C14H25NO3/c1-9(2)10(3)18-8-14(13(16)17,11-4-5-11)15-12-6-7-12/h9-12,15H,4-8H2,1-3H3,(H,16,17). The van der Waals surface area contributed by atoms with Gasteiger partial charge in [0.2, 0.25) is 0 Å². The van der Waals surface area contributed by atoms with Crippen molar-refractivity contribution in [1.29, 1.82) is 0 Å². The van der Waals surface area contributed by atoms with Crippen molar-refractivity contribution >= 4 is 5.97 Å². The first-order valence-corrected chi connectivity index (χ1v) is 7.08. The van der Waals surface area contributed by atoms with E-state index in [0.717, 1.165) is 25.7 Å². The van der Waals surface area contributed by atoms with E-state index in [2.05, 4.69) is 19.2 Å². The molecule has 0 amide bonds. The zero-order valence-electron chi connectivity index (χ0n) is 11.6. The minimum absolute atomic E-state index is 0.100. The molecule has 2 saturated carbocycles. The van der Waals surface area contributed by atoms with Gasteiger partial charge in [0, 0.05) is 6.04 Å². The van der Waals surface area contributed by atoms with Gasteiger partial charge in [-0.1, -0.05) is 13.8 Å². The van der Waals surface area contributed by atoms with E-state index in [9.17, 15) is 9.90 Å². The molecule has 2 aliphatic rings. The highest BCUT2D eigenvalue weighted by Crippen LogP contribution is 2.42. The molecule has 0 aliphatic heterocycles. The quantitative estimate of drug-likeness (QED) is 0.697. The van der Waals surface area contributed by atoms with Crippen molar-refractivity contribution in [3.63, 3.8) is 0 Å². The van der Waals surface area contributed by atoms with E-state index in [-0.39, 0.29) is 12.0 Å². The lowest BCUT2D eigenvalue weighted by molar-refractivity contribution is -0.151. The lowest BCUT2D eigenvalue weighted by Crippen LogP contribution is -2.58. The highest BCUT2D eigenvalue weighted by Gasteiger charge is 2.53. The Bertz CT molecular complexity index is 310. The molecule has 0 aromatic rings. The molecular formula is C14H25NO3. The maximum atomic E-state index is 11.7. The van der Waals surface area contributed by atoms with Gasteiger partial charge in [0.1, 0.15) is 5.54 Å². The number of hydrogen-bond donors (Lipinski definition) is 2. The van der Waals surface area contributed by atoms with Gasteiger partial charge in [-0.05, 0) is 44.4 Å². The number of carbonyl (C=O) groups is 1. The molecule has 2 fully saturated rings. The predicted molar refractivity (Wildman–Crippen MR) is 69.5 cm³/mol. The fraction of sp³-hybridized carbons (Fsp3) is 0.929. The third-order valence-electron chi connectivity index (χ3n) is 4.21. The molecule has 0 aromatic carbocycles. The van der Waals surface area contributed by atoms with E-state index in [1.807, 2.05) is 6.92 Å². The highest BCUT2D eigenvalue weighted by atomic mass is 16.5. The van der Waals surface area contributed by atoms with Crippen LogP contribution in [-0.2, 0) is 9.53 Å². The molecule has 2 aliphatic carbocycles. The molecule has 0 saturated heterocycles. The summed E-state index contributed by atoms with van der Waals surface area (Å²) in [4.78, 5) is 11.7. The molecular weight excluding hydrogens is 230 g/mol. The molecule has 0 bridgehead atoms. The van der Waals surface area contributed by atoms with Gasteiger partial charge in [0.15, 0.2) is 0 Å². The second kappa shape index (κ2) is 5.17. The number of carboxylic acids is 1. The summed E-state index contributed by atoms with van der Waals surface area (Å²) < 4.78 is 5.82. The van der Waals surface area contributed by atoms with Crippen LogP contribution in [0.5, 0.6) is 0 Å². The third kappa shape index (κ3) is 3.04. The largest absolute Gasteiger partial charge is 0.480 e. The SMILES string of the molecule is CC(C)C(C)OCC(NC1CC1)(C(=O)O)C1CC1. The Morgan fingerprint density at radius 1 is 1.33 bits per heavy atom. The van der Waals surface area contributed by atoms with Crippen molar-refractivity contribution in [2.45, 2.75) is 64.1 Å². The number of nitrogens with one attached hydrogen (secondary N) is 1. The summed E-state index contributed by atoms with van der Waals surface area (Å²) >= 11 is 0. The lowest BCUT2D eigenvalue weighted by Gasteiger charge is -2.32. The molecule has 18 heavy (non-hydrogen) atoms. The molecule has 4 heteroatoms. The average molecular weight is 255 g/mol. The zero-order valence-corrected chi connectivity index (χ0v) is 11.6. The van der Waals surface area contributed by atoms with Gasteiger partial charge in [0.25, 0.3) is 0 Å². The van der Waals surface area contributed by atoms with Crippen molar-refractivity contribution in [3.8, 4) is 0 Å². The monoisotopic (exact) mass is 255 g/mol. The lowest BCUT2D eigenvalue weighted by atomic mass is 9.93. The van der Waals surface area contributed by atoms with Crippen LogP contribution >= 0.6 is 0 Å². The third-order valence-corrected chi connectivity index (χ3v) is 4.21. The Balaban J connectivity index is 2.00. The number of aliphatic carboxylic acids is 1. The first kappa shape index (κ1) is 13.8. The van der Waals surface area contributed by atoms with Crippen LogP contribution in [0.25, 0.3) is 0 Å². The van der Waals surface area contributed by atoms with Gasteiger partial charge < -0.3 is 9.84 Å². The zero-order chi connectivity index (χ0) is 13.3. The Morgan fingerprint density at radius 2 is 1.94 bits per heavy atom. The Labute approximate surface area is 109 Å². The smallest absolute Gasteiger partial charge is 0.326 e. The fourth-order valence-electron chi connectivity index (χ4n) is 2.20. The van der Waals surface area contributed by atoms with Crippen LogP contribution in [0.1, 0.15) is 46.5 Å². The van der Waals surface area contributed by atoms with Gasteiger partial charge >= 0.3 is 5.97 Å². The number of ether oxygens (including phenoxy) is 1. The van der Waals surface area contributed by atoms with Crippen LogP contribution in [0.15, 0.2) is 0 Å². The summed E-state index contributed by atoms with van der Waals surface area (Å²) in [5.74, 6) is -0.0839. The van der Waals surface area contributed by atoms with E-state index in [1.54, 1.807) is 0 Å². The van der Waals surface area contributed by atoms with E-state index >= 15 is 0 Å². The van der Waals surface area contributed by atoms with E-state index in [1.165, 1.54) is 0 Å². The van der Waals surface area contributed by atoms with Gasteiger partial charge in [-0.25, -0.2) is 0 Å².